The van der Waals surface area contributed by atoms with Crippen molar-refractivity contribution < 1.29 is 4.39 Å². The van der Waals surface area contributed by atoms with Crippen molar-refractivity contribution >= 4 is 11.6 Å². The molecule has 1 atom stereocenters. The van der Waals surface area contributed by atoms with Crippen LogP contribution in [-0.4, -0.2) is 6.04 Å². The maximum Gasteiger partial charge on any atom is 0.129 e. The van der Waals surface area contributed by atoms with Gasteiger partial charge in [-0.15, -0.1) is 0 Å². The standard InChI is InChI=1S/C13H19ClFN/c1-9(13(2,3)4)16-8-10-11(14)6-5-7-12(10)15/h5-7,9,16H,8H2,1-4H3. The Balaban J connectivity index is 2.69. The summed E-state index contributed by atoms with van der Waals surface area (Å²) in [6, 6.07) is 5.06. The van der Waals surface area contributed by atoms with Gasteiger partial charge in [0.1, 0.15) is 5.82 Å². The third kappa shape index (κ3) is 3.46. The van der Waals surface area contributed by atoms with Crippen LogP contribution in [-0.2, 0) is 6.54 Å². The highest BCUT2D eigenvalue weighted by atomic mass is 35.5. The van der Waals surface area contributed by atoms with E-state index in [0.29, 0.717) is 23.2 Å². The Hall–Kier alpha value is -0.600. The van der Waals surface area contributed by atoms with Gasteiger partial charge in [-0.1, -0.05) is 38.4 Å². The predicted molar refractivity (Wildman–Crippen MR) is 67.2 cm³/mol. The van der Waals surface area contributed by atoms with Gasteiger partial charge in [0.2, 0.25) is 0 Å². The molecule has 0 aliphatic rings. The molecule has 0 saturated carbocycles. The second-order valence-corrected chi connectivity index (χ2v) is 5.58. The molecule has 1 unspecified atom stereocenters. The highest BCUT2D eigenvalue weighted by Gasteiger charge is 2.19. The van der Waals surface area contributed by atoms with E-state index in [2.05, 4.69) is 33.0 Å². The highest BCUT2D eigenvalue weighted by Crippen LogP contribution is 2.22. The third-order valence-corrected chi connectivity index (χ3v) is 3.30. The van der Waals surface area contributed by atoms with Gasteiger partial charge in [-0.25, -0.2) is 4.39 Å². The summed E-state index contributed by atoms with van der Waals surface area (Å²) in [5, 5.41) is 3.78. The van der Waals surface area contributed by atoms with Gasteiger partial charge < -0.3 is 5.32 Å². The fraction of sp³-hybridized carbons (Fsp3) is 0.538. The van der Waals surface area contributed by atoms with Crippen molar-refractivity contribution in [2.45, 2.75) is 40.3 Å². The van der Waals surface area contributed by atoms with Crippen LogP contribution in [0.15, 0.2) is 18.2 Å². The minimum atomic E-state index is -0.249. The molecule has 0 radical (unpaired) electrons. The van der Waals surface area contributed by atoms with E-state index in [0.717, 1.165) is 0 Å². The van der Waals surface area contributed by atoms with Crippen molar-refractivity contribution in [1.29, 1.82) is 0 Å². The predicted octanol–water partition coefficient (Wildman–Crippen LogP) is 4.00. The molecule has 1 nitrogen and oxygen atoms in total. The number of hydrogen-bond acceptors (Lipinski definition) is 1. The Kier molecular flexibility index (Phi) is 4.34. The van der Waals surface area contributed by atoms with Crippen LogP contribution in [0.4, 0.5) is 4.39 Å². The normalized spacial score (nSPS) is 13.9. The second-order valence-electron chi connectivity index (χ2n) is 5.17. The molecule has 0 saturated heterocycles. The van der Waals surface area contributed by atoms with E-state index in [-0.39, 0.29) is 11.2 Å². The van der Waals surface area contributed by atoms with Gasteiger partial charge in [0, 0.05) is 23.2 Å². The fourth-order valence-electron chi connectivity index (χ4n) is 1.26. The van der Waals surface area contributed by atoms with Crippen LogP contribution in [0.3, 0.4) is 0 Å². The Morgan fingerprint density at radius 1 is 1.38 bits per heavy atom. The van der Waals surface area contributed by atoms with E-state index in [1.54, 1.807) is 12.1 Å². The van der Waals surface area contributed by atoms with Gasteiger partial charge in [0.05, 0.1) is 0 Å². The lowest BCUT2D eigenvalue weighted by Gasteiger charge is -2.28. The monoisotopic (exact) mass is 243 g/mol. The first kappa shape index (κ1) is 13.5. The van der Waals surface area contributed by atoms with Crippen LogP contribution < -0.4 is 5.32 Å². The summed E-state index contributed by atoms with van der Waals surface area (Å²) in [5.74, 6) is -0.249. The molecule has 90 valence electrons. The van der Waals surface area contributed by atoms with Gasteiger partial charge in [-0.2, -0.15) is 0 Å². The Morgan fingerprint density at radius 2 is 2.00 bits per heavy atom. The van der Waals surface area contributed by atoms with Crippen LogP contribution in [0.2, 0.25) is 5.02 Å². The van der Waals surface area contributed by atoms with Gasteiger partial charge in [0.25, 0.3) is 0 Å². The number of benzene rings is 1. The molecule has 0 spiro atoms. The molecule has 0 aliphatic carbocycles. The SMILES string of the molecule is CC(NCc1c(F)cccc1Cl)C(C)(C)C. The van der Waals surface area contributed by atoms with Crippen LogP contribution >= 0.6 is 11.6 Å². The molecule has 3 heteroatoms. The Labute approximate surface area is 102 Å². The van der Waals surface area contributed by atoms with Crippen molar-refractivity contribution in [1.82, 2.24) is 5.32 Å². The molecule has 16 heavy (non-hydrogen) atoms. The molecule has 1 aromatic rings. The Morgan fingerprint density at radius 3 is 2.50 bits per heavy atom. The lowest BCUT2D eigenvalue weighted by molar-refractivity contribution is 0.284. The van der Waals surface area contributed by atoms with Gasteiger partial charge in [0.15, 0.2) is 0 Å². The van der Waals surface area contributed by atoms with E-state index >= 15 is 0 Å². The molecule has 0 heterocycles. The number of rotatable bonds is 3. The minimum absolute atomic E-state index is 0.151. The molecule has 0 bridgehead atoms. The van der Waals surface area contributed by atoms with Crippen molar-refractivity contribution in [3.63, 3.8) is 0 Å². The first-order valence-corrected chi connectivity index (χ1v) is 5.86. The summed E-state index contributed by atoms with van der Waals surface area (Å²) >= 11 is 5.95. The van der Waals surface area contributed by atoms with Crippen molar-refractivity contribution in [3.8, 4) is 0 Å². The van der Waals surface area contributed by atoms with Gasteiger partial charge in [-0.05, 0) is 24.5 Å². The van der Waals surface area contributed by atoms with E-state index in [9.17, 15) is 4.39 Å². The van der Waals surface area contributed by atoms with Crippen molar-refractivity contribution in [2.75, 3.05) is 0 Å². The zero-order valence-corrected chi connectivity index (χ0v) is 11.0. The average Bonchev–Trinajstić information content (AvgIpc) is 2.15. The zero-order valence-electron chi connectivity index (χ0n) is 10.3. The molecule has 0 aliphatic heterocycles. The van der Waals surface area contributed by atoms with E-state index < -0.39 is 0 Å². The largest absolute Gasteiger partial charge is 0.310 e. The zero-order chi connectivity index (χ0) is 12.3. The van der Waals surface area contributed by atoms with Crippen LogP contribution in [0.5, 0.6) is 0 Å². The van der Waals surface area contributed by atoms with E-state index in [1.165, 1.54) is 6.07 Å². The number of hydrogen-bond donors (Lipinski definition) is 1. The van der Waals surface area contributed by atoms with Crippen molar-refractivity contribution in [2.24, 2.45) is 5.41 Å². The van der Waals surface area contributed by atoms with Crippen molar-refractivity contribution in [3.05, 3.63) is 34.6 Å². The van der Waals surface area contributed by atoms with Gasteiger partial charge >= 0.3 is 0 Å². The maximum atomic E-state index is 13.5. The molecular weight excluding hydrogens is 225 g/mol. The minimum Gasteiger partial charge on any atom is -0.310 e. The quantitative estimate of drug-likeness (QED) is 0.846. The Bertz CT molecular complexity index is 337. The fourth-order valence-corrected chi connectivity index (χ4v) is 1.49. The maximum absolute atomic E-state index is 13.5. The van der Waals surface area contributed by atoms with Gasteiger partial charge in [-0.3, -0.25) is 0 Å². The second kappa shape index (κ2) is 5.15. The van der Waals surface area contributed by atoms with E-state index in [1.807, 2.05) is 0 Å². The summed E-state index contributed by atoms with van der Waals surface area (Å²) in [6.07, 6.45) is 0. The molecule has 1 aromatic carbocycles. The summed E-state index contributed by atoms with van der Waals surface area (Å²) in [5.41, 5.74) is 0.692. The first-order chi connectivity index (χ1) is 7.32. The summed E-state index contributed by atoms with van der Waals surface area (Å²) in [6.45, 7) is 8.99. The topological polar surface area (TPSA) is 12.0 Å². The van der Waals surface area contributed by atoms with Crippen LogP contribution in [0, 0.1) is 11.2 Å². The highest BCUT2D eigenvalue weighted by molar-refractivity contribution is 6.31. The summed E-state index contributed by atoms with van der Waals surface area (Å²) in [7, 11) is 0. The number of nitrogens with one attached hydrogen (secondary N) is 1. The molecule has 0 fully saturated rings. The molecule has 0 aromatic heterocycles. The first-order valence-electron chi connectivity index (χ1n) is 5.48. The summed E-state index contributed by atoms with van der Waals surface area (Å²) < 4.78 is 13.5. The lowest BCUT2D eigenvalue weighted by atomic mass is 9.88. The average molecular weight is 244 g/mol. The molecule has 1 N–H and O–H groups in total. The number of halogens is 2. The van der Waals surface area contributed by atoms with E-state index in [4.69, 9.17) is 11.6 Å². The van der Waals surface area contributed by atoms with Crippen LogP contribution in [0.1, 0.15) is 33.3 Å². The molecule has 0 amide bonds. The summed E-state index contributed by atoms with van der Waals surface area (Å²) in [4.78, 5) is 0. The molecular formula is C13H19ClFN. The lowest BCUT2D eigenvalue weighted by Crippen LogP contribution is -2.37. The smallest absolute Gasteiger partial charge is 0.129 e. The third-order valence-electron chi connectivity index (χ3n) is 2.95. The van der Waals surface area contributed by atoms with Crippen LogP contribution in [0.25, 0.3) is 0 Å². The molecule has 1 rings (SSSR count).